The van der Waals surface area contributed by atoms with Crippen molar-refractivity contribution in [3.63, 3.8) is 0 Å². The molecule has 0 amide bonds. The van der Waals surface area contributed by atoms with E-state index < -0.39 is 4.92 Å². The summed E-state index contributed by atoms with van der Waals surface area (Å²) in [5.41, 5.74) is 0.987. The van der Waals surface area contributed by atoms with Gasteiger partial charge in [0.25, 0.3) is 5.69 Å². The van der Waals surface area contributed by atoms with E-state index in [4.69, 9.17) is 0 Å². The van der Waals surface area contributed by atoms with E-state index in [1.54, 1.807) is 23.6 Å². The van der Waals surface area contributed by atoms with E-state index in [2.05, 4.69) is 15.9 Å². The standard InChI is InChI=1S/C12H8BrNO3S/c13-10-7-18-6-9(10)12(15)5-8-3-1-2-4-11(8)14(16)17/h1-4,6-7H,5H2. The Hall–Kier alpha value is -1.53. The molecule has 4 nitrogen and oxygen atoms in total. The van der Waals surface area contributed by atoms with E-state index in [0.717, 1.165) is 4.47 Å². The van der Waals surface area contributed by atoms with Crippen LogP contribution in [-0.4, -0.2) is 10.7 Å². The number of benzene rings is 1. The zero-order chi connectivity index (χ0) is 13.1. The summed E-state index contributed by atoms with van der Waals surface area (Å²) in [6, 6.07) is 6.30. The first-order valence-corrected chi connectivity index (χ1v) is 6.80. The third kappa shape index (κ3) is 2.65. The molecule has 0 unspecified atom stereocenters. The highest BCUT2D eigenvalue weighted by Gasteiger charge is 2.18. The van der Waals surface area contributed by atoms with Crippen LogP contribution < -0.4 is 0 Å². The van der Waals surface area contributed by atoms with E-state index in [-0.39, 0.29) is 17.9 Å². The molecule has 1 heterocycles. The van der Waals surface area contributed by atoms with Crippen LogP contribution >= 0.6 is 27.3 Å². The van der Waals surface area contributed by atoms with Gasteiger partial charge >= 0.3 is 0 Å². The van der Waals surface area contributed by atoms with E-state index >= 15 is 0 Å². The lowest BCUT2D eigenvalue weighted by molar-refractivity contribution is -0.385. The van der Waals surface area contributed by atoms with Crippen molar-refractivity contribution in [3.05, 3.63) is 60.7 Å². The minimum Gasteiger partial charge on any atom is -0.294 e. The zero-order valence-corrected chi connectivity index (χ0v) is 11.5. The summed E-state index contributed by atoms with van der Waals surface area (Å²) in [6.45, 7) is 0. The van der Waals surface area contributed by atoms with Gasteiger partial charge in [-0.25, -0.2) is 0 Å². The van der Waals surface area contributed by atoms with Crippen LogP contribution in [0.15, 0.2) is 39.5 Å². The van der Waals surface area contributed by atoms with Gasteiger partial charge in [0.15, 0.2) is 5.78 Å². The summed E-state index contributed by atoms with van der Waals surface area (Å²) in [5.74, 6) is -0.127. The molecule has 0 bridgehead atoms. The SMILES string of the molecule is O=C(Cc1ccccc1[N+](=O)[O-])c1cscc1Br. The molecule has 0 saturated carbocycles. The predicted molar refractivity (Wildman–Crippen MR) is 73.1 cm³/mol. The summed E-state index contributed by atoms with van der Waals surface area (Å²) >= 11 is 4.70. The average Bonchev–Trinajstić information content (AvgIpc) is 2.76. The number of Topliss-reactive ketones (excluding diaryl/α,β-unsaturated/α-hetero) is 1. The molecule has 1 aromatic carbocycles. The fourth-order valence-electron chi connectivity index (χ4n) is 1.59. The average molecular weight is 326 g/mol. The maximum Gasteiger partial charge on any atom is 0.273 e. The molecule has 6 heteroatoms. The van der Waals surface area contributed by atoms with Crippen LogP contribution in [0.3, 0.4) is 0 Å². The molecule has 0 saturated heterocycles. The largest absolute Gasteiger partial charge is 0.294 e. The normalized spacial score (nSPS) is 10.3. The van der Waals surface area contributed by atoms with E-state index in [1.165, 1.54) is 17.4 Å². The first-order valence-electron chi connectivity index (χ1n) is 5.07. The van der Waals surface area contributed by atoms with Gasteiger partial charge in [-0.15, -0.1) is 0 Å². The highest BCUT2D eigenvalue weighted by atomic mass is 79.9. The van der Waals surface area contributed by atoms with Gasteiger partial charge in [0.1, 0.15) is 0 Å². The predicted octanol–water partition coefficient (Wildman–Crippen LogP) is 3.84. The number of thiophene rings is 1. The van der Waals surface area contributed by atoms with Crippen molar-refractivity contribution in [2.45, 2.75) is 6.42 Å². The molecule has 0 fully saturated rings. The van der Waals surface area contributed by atoms with Gasteiger partial charge < -0.3 is 0 Å². The number of hydrogen-bond donors (Lipinski definition) is 0. The molecule has 0 aliphatic carbocycles. The van der Waals surface area contributed by atoms with Crippen molar-refractivity contribution < 1.29 is 9.72 Å². The molecule has 0 radical (unpaired) electrons. The van der Waals surface area contributed by atoms with Gasteiger partial charge in [-0.1, -0.05) is 18.2 Å². The Morgan fingerprint density at radius 3 is 2.67 bits per heavy atom. The first-order chi connectivity index (χ1) is 8.59. The molecule has 0 spiro atoms. The zero-order valence-electron chi connectivity index (χ0n) is 9.13. The number of ketones is 1. The van der Waals surface area contributed by atoms with Gasteiger partial charge in [-0.05, 0) is 15.9 Å². The quantitative estimate of drug-likeness (QED) is 0.487. The number of carbonyl (C=O) groups excluding carboxylic acids is 1. The van der Waals surface area contributed by atoms with Crippen molar-refractivity contribution in [2.75, 3.05) is 0 Å². The minimum absolute atomic E-state index is 0.0165. The number of hydrogen-bond acceptors (Lipinski definition) is 4. The second-order valence-corrected chi connectivity index (χ2v) is 5.22. The molecule has 2 rings (SSSR count). The summed E-state index contributed by atoms with van der Waals surface area (Å²) in [7, 11) is 0. The van der Waals surface area contributed by atoms with E-state index in [9.17, 15) is 14.9 Å². The maximum absolute atomic E-state index is 12.0. The Labute approximate surface area is 116 Å². The summed E-state index contributed by atoms with van der Waals surface area (Å²) in [5, 5.41) is 14.4. The first kappa shape index (κ1) is 12.9. The fraction of sp³-hybridized carbons (Fsp3) is 0.0833. The Morgan fingerprint density at radius 1 is 1.33 bits per heavy atom. The minimum atomic E-state index is -0.467. The Bertz CT molecular complexity index is 609. The van der Waals surface area contributed by atoms with Gasteiger partial charge in [0, 0.05) is 38.8 Å². The number of halogens is 1. The van der Waals surface area contributed by atoms with Gasteiger partial charge in [0.2, 0.25) is 0 Å². The topological polar surface area (TPSA) is 60.2 Å². The summed E-state index contributed by atoms with van der Waals surface area (Å²) < 4.78 is 0.732. The van der Waals surface area contributed by atoms with Crippen molar-refractivity contribution in [1.29, 1.82) is 0 Å². The molecule has 0 aliphatic heterocycles. The number of nitro benzene ring substituents is 1. The molecule has 92 valence electrons. The van der Waals surface area contributed by atoms with Crippen LogP contribution in [0.1, 0.15) is 15.9 Å². The second kappa shape index (κ2) is 5.41. The number of rotatable bonds is 4. The second-order valence-electron chi connectivity index (χ2n) is 3.62. The van der Waals surface area contributed by atoms with Gasteiger partial charge in [-0.2, -0.15) is 11.3 Å². The molecule has 0 aliphatic rings. The fourth-order valence-corrected chi connectivity index (χ4v) is 3.11. The number of nitrogens with zero attached hydrogens (tertiary/aromatic N) is 1. The lowest BCUT2D eigenvalue weighted by Gasteiger charge is -2.01. The van der Waals surface area contributed by atoms with Gasteiger partial charge in [0.05, 0.1) is 4.92 Å². The Balaban J connectivity index is 2.28. The Morgan fingerprint density at radius 2 is 2.06 bits per heavy atom. The third-order valence-corrected chi connectivity index (χ3v) is 4.16. The lowest BCUT2D eigenvalue weighted by Crippen LogP contribution is -2.05. The van der Waals surface area contributed by atoms with Crippen LogP contribution in [0.4, 0.5) is 5.69 Å². The monoisotopic (exact) mass is 325 g/mol. The van der Waals surface area contributed by atoms with E-state index in [1.807, 2.05) is 5.38 Å². The van der Waals surface area contributed by atoms with Crippen LogP contribution in [0.2, 0.25) is 0 Å². The molecular formula is C12H8BrNO3S. The van der Waals surface area contributed by atoms with Crippen LogP contribution in [-0.2, 0) is 6.42 Å². The van der Waals surface area contributed by atoms with Crippen molar-refractivity contribution in [1.82, 2.24) is 0 Å². The molecule has 2 aromatic rings. The summed E-state index contributed by atoms with van der Waals surface area (Å²) in [6.07, 6.45) is 0.0342. The smallest absolute Gasteiger partial charge is 0.273 e. The highest BCUT2D eigenvalue weighted by molar-refractivity contribution is 9.10. The van der Waals surface area contributed by atoms with E-state index in [0.29, 0.717) is 11.1 Å². The third-order valence-electron chi connectivity index (χ3n) is 2.45. The van der Waals surface area contributed by atoms with Crippen molar-refractivity contribution in [3.8, 4) is 0 Å². The number of para-hydroxylation sites is 1. The molecular weight excluding hydrogens is 318 g/mol. The number of carbonyl (C=O) groups is 1. The van der Waals surface area contributed by atoms with Crippen molar-refractivity contribution in [2.24, 2.45) is 0 Å². The highest BCUT2D eigenvalue weighted by Crippen LogP contribution is 2.25. The maximum atomic E-state index is 12.0. The molecule has 0 atom stereocenters. The Kier molecular flexibility index (Phi) is 3.88. The molecule has 1 aromatic heterocycles. The van der Waals surface area contributed by atoms with Crippen LogP contribution in [0.25, 0.3) is 0 Å². The van der Waals surface area contributed by atoms with Crippen LogP contribution in [0, 0.1) is 10.1 Å². The molecule has 18 heavy (non-hydrogen) atoms. The van der Waals surface area contributed by atoms with Crippen molar-refractivity contribution >= 4 is 38.7 Å². The van der Waals surface area contributed by atoms with Gasteiger partial charge in [-0.3, -0.25) is 14.9 Å². The molecule has 0 N–H and O–H groups in total. The lowest BCUT2D eigenvalue weighted by atomic mass is 10.0. The van der Waals surface area contributed by atoms with Crippen LogP contribution in [0.5, 0.6) is 0 Å². The summed E-state index contributed by atoms with van der Waals surface area (Å²) in [4.78, 5) is 22.4. The number of nitro groups is 1.